The fourth-order valence-corrected chi connectivity index (χ4v) is 4.72. The highest BCUT2D eigenvalue weighted by Gasteiger charge is 2.19. The molecular formula is C27H20N2O2S. The van der Waals surface area contributed by atoms with Gasteiger partial charge >= 0.3 is 0 Å². The fraction of sp³-hybridized carbons (Fsp3) is 0.0370. The number of anilines is 1. The molecule has 2 aromatic heterocycles. The van der Waals surface area contributed by atoms with E-state index in [-0.39, 0.29) is 5.78 Å². The molecule has 0 saturated carbocycles. The number of ketones is 1. The van der Waals surface area contributed by atoms with Gasteiger partial charge in [-0.2, -0.15) is 0 Å². The topological polar surface area (TPSA) is 65.2 Å². The van der Waals surface area contributed by atoms with Crippen molar-refractivity contribution in [3.63, 3.8) is 0 Å². The maximum absolute atomic E-state index is 13.2. The Morgan fingerprint density at radius 2 is 1.47 bits per heavy atom. The molecule has 3 aromatic carbocycles. The summed E-state index contributed by atoms with van der Waals surface area (Å²) < 4.78 is 5.22. The first-order valence-corrected chi connectivity index (χ1v) is 11.0. The van der Waals surface area contributed by atoms with E-state index >= 15 is 0 Å². The number of nitrogen functional groups attached to an aromatic ring is 1. The van der Waals surface area contributed by atoms with Crippen molar-refractivity contribution in [1.82, 2.24) is 4.98 Å². The van der Waals surface area contributed by atoms with Crippen molar-refractivity contribution in [2.24, 2.45) is 0 Å². The second-order valence-electron chi connectivity index (χ2n) is 7.40. The van der Waals surface area contributed by atoms with Gasteiger partial charge in [0.1, 0.15) is 15.5 Å². The van der Waals surface area contributed by atoms with Crippen molar-refractivity contribution >= 4 is 33.0 Å². The minimum Gasteiger partial charge on any atom is -0.497 e. The minimum atomic E-state index is -0.0869. The van der Waals surface area contributed by atoms with Crippen LogP contribution in [0.1, 0.15) is 15.2 Å². The first kappa shape index (κ1) is 20.0. The second-order valence-corrected chi connectivity index (χ2v) is 8.39. The van der Waals surface area contributed by atoms with E-state index in [0.717, 1.165) is 38.4 Å². The molecule has 0 unspecified atom stereocenters. The average Bonchev–Trinajstić information content (AvgIpc) is 3.20. The number of benzene rings is 3. The standard InChI is InChI=1S/C27H20N2O2S/c1-31-21-13-11-19(12-14-21)23-16-15-22-24(28)26(32-27(22)29-23)25(30)20-9-7-18(8-10-20)17-5-3-2-4-6-17/h2-16H,28H2,1H3. The summed E-state index contributed by atoms with van der Waals surface area (Å²) in [5.74, 6) is 0.706. The third-order valence-electron chi connectivity index (χ3n) is 5.44. The quantitative estimate of drug-likeness (QED) is 0.322. The van der Waals surface area contributed by atoms with E-state index in [1.807, 2.05) is 91.0 Å². The van der Waals surface area contributed by atoms with Crippen molar-refractivity contribution in [2.75, 3.05) is 12.8 Å². The van der Waals surface area contributed by atoms with Gasteiger partial charge in [0, 0.05) is 16.5 Å². The summed E-state index contributed by atoms with van der Waals surface area (Å²) in [6.07, 6.45) is 0. The number of hydrogen-bond donors (Lipinski definition) is 1. The summed E-state index contributed by atoms with van der Waals surface area (Å²) in [6, 6.07) is 29.3. The summed E-state index contributed by atoms with van der Waals surface area (Å²) in [6.45, 7) is 0. The second kappa shape index (κ2) is 8.29. The fourth-order valence-electron chi connectivity index (χ4n) is 3.66. The van der Waals surface area contributed by atoms with Crippen LogP contribution in [0.3, 0.4) is 0 Å². The number of carbonyl (C=O) groups excluding carboxylic acids is 1. The van der Waals surface area contributed by atoms with E-state index in [1.54, 1.807) is 7.11 Å². The Balaban J connectivity index is 1.47. The smallest absolute Gasteiger partial charge is 0.205 e. The molecule has 0 amide bonds. The number of pyridine rings is 1. The molecule has 5 heteroatoms. The van der Waals surface area contributed by atoms with E-state index in [1.165, 1.54) is 11.3 Å². The van der Waals surface area contributed by atoms with Gasteiger partial charge in [-0.05, 0) is 47.5 Å². The molecule has 32 heavy (non-hydrogen) atoms. The molecule has 0 spiro atoms. The van der Waals surface area contributed by atoms with Crippen LogP contribution in [-0.2, 0) is 0 Å². The van der Waals surface area contributed by atoms with Crippen molar-refractivity contribution in [2.45, 2.75) is 0 Å². The van der Waals surface area contributed by atoms with Crippen molar-refractivity contribution in [3.8, 4) is 28.1 Å². The minimum absolute atomic E-state index is 0.0869. The lowest BCUT2D eigenvalue weighted by molar-refractivity contribution is 0.104. The van der Waals surface area contributed by atoms with Gasteiger partial charge < -0.3 is 10.5 Å². The Hall–Kier alpha value is -3.96. The van der Waals surface area contributed by atoms with E-state index in [2.05, 4.69) is 0 Å². The summed E-state index contributed by atoms with van der Waals surface area (Å²) >= 11 is 1.33. The molecule has 2 heterocycles. The number of thiophene rings is 1. The van der Waals surface area contributed by atoms with Gasteiger partial charge in [0.2, 0.25) is 5.78 Å². The third kappa shape index (κ3) is 3.63. The van der Waals surface area contributed by atoms with Crippen molar-refractivity contribution in [3.05, 3.63) is 101 Å². The van der Waals surface area contributed by atoms with Crippen LogP contribution < -0.4 is 10.5 Å². The van der Waals surface area contributed by atoms with Gasteiger partial charge in [-0.3, -0.25) is 4.79 Å². The normalized spacial score (nSPS) is 10.9. The number of ether oxygens (including phenoxy) is 1. The lowest BCUT2D eigenvalue weighted by Crippen LogP contribution is -2.01. The third-order valence-corrected chi connectivity index (χ3v) is 6.55. The van der Waals surface area contributed by atoms with Crippen LogP contribution in [-0.4, -0.2) is 17.9 Å². The molecule has 0 radical (unpaired) electrons. The number of fused-ring (bicyclic) bond motifs is 1. The zero-order valence-corrected chi connectivity index (χ0v) is 18.2. The van der Waals surface area contributed by atoms with Crippen molar-refractivity contribution in [1.29, 1.82) is 0 Å². The molecular weight excluding hydrogens is 416 g/mol. The Morgan fingerprint density at radius 1 is 0.812 bits per heavy atom. The van der Waals surface area contributed by atoms with Crippen LogP contribution in [0.2, 0.25) is 0 Å². The number of nitrogens with two attached hydrogens (primary N) is 1. The van der Waals surface area contributed by atoms with Gasteiger partial charge in [0.05, 0.1) is 18.5 Å². The first-order chi connectivity index (χ1) is 15.6. The van der Waals surface area contributed by atoms with Crippen LogP contribution in [0, 0.1) is 0 Å². The molecule has 5 aromatic rings. The molecule has 0 aliphatic rings. The highest BCUT2D eigenvalue weighted by atomic mass is 32.1. The maximum atomic E-state index is 13.2. The number of aromatic nitrogens is 1. The number of nitrogens with zero attached hydrogens (tertiary/aromatic N) is 1. The van der Waals surface area contributed by atoms with Gasteiger partial charge in [0.15, 0.2) is 0 Å². The van der Waals surface area contributed by atoms with Crippen LogP contribution >= 0.6 is 11.3 Å². The molecule has 0 atom stereocenters. The molecule has 0 aliphatic carbocycles. The Labute approximate surface area is 189 Å². The van der Waals surface area contributed by atoms with Gasteiger partial charge in [-0.1, -0.05) is 54.6 Å². The Bertz CT molecular complexity index is 1410. The highest BCUT2D eigenvalue weighted by molar-refractivity contribution is 7.21. The van der Waals surface area contributed by atoms with Gasteiger partial charge in [-0.25, -0.2) is 4.98 Å². The highest BCUT2D eigenvalue weighted by Crippen LogP contribution is 2.36. The van der Waals surface area contributed by atoms with E-state index < -0.39 is 0 Å². The number of hydrogen-bond acceptors (Lipinski definition) is 5. The maximum Gasteiger partial charge on any atom is 0.205 e. The van der Waals surface area contributed by atoms with E-state index in [0.29, 0.717) is 16.1 Å². The molecule has 5 rings (SSSR count). The summed E-state index contributed by atoms with van der Waals surface area (Å²) in [5, 5.41) is 0.802. The molecule has 0 bridgehead atoms. The number of methoxy groups -OCH3 is 1. The van der Waals surface area contributed by atoms with E-state index in [9.17, 15) is 4.79 Å². The lowest BCUT2D eigenvalue weighted by Gasteiger charge is -2.04. The zero-order chi connectivity index (χ0) is 22.1. The molecule has 0 aliphatic heterocycles. The van der Waals surface area contributed by atoms with E-state index in [4.69, 9.17) is 15.5 Å². The van der Waals surface area contributed by atoms with Crippen LogP contribution in [0.4, 0.5) is 5.69 Å². The summed E-state index contributed by atoms with van der Waals surface area (Å²) in [4.78, 5) is 19.2. The SMILES string of the molecule is COc1ccc(-c2ccc3c(N)c(C(=O)c4ccc(-c5ccccc5)cc4)sc3n2)cc1. The van der Waals surface area contributed by atoms with Crippen LogP contribution in [0.5, 0.6) is 5.75 Å². The molecule has 0 saturated heterocycles. The molecule has 2 N–H and O–H groups in total. The Kier molecular flexibility index (Phi) is 5.17. The predicted octanol–water partition coefficient (Wildman–Crippen LogP) is 6.45. The molecule has 156 valence electrons. The first-order valence-electron chi connectivity index (χ1n) is 10.2. The molecule has 0 fully saturated rings. The molecule has 4 nitrogen and oxygen atoms in total. The zero-order valence-electron chi connectivity index (χ0n) is 17.4. The largest absolute Gasteiger partial charge is 0.497 e. The monoisotopic (exact) mass is 436 g/mol. The summed E-state index contributed by atoms with van der Waals surface area (Å²) in [5.41, 5.74) is 11.4. The number of rotatable bonds is 5. The van der Waals surface area contributed by atoms with Crippen LogP contribution in [0.25, 0.3) is 32.6 Å². The van der Waals surface area contributed by atoms with Crippen LogP contribution in [0.15, 0.2) is 91.0 Å². The predicted molar refractivity (Wildman–Crippen MR) is 131 cm³/mol. The van der Waals surface area contributed by atoms with Crippen molar-refractivity contribution < 1.29 is 9.53 Å². The van der Waals surface area contributed by atoms with Gasteiger partial charge in [0.25, 0.3) is 0 Å². The summed E-state index contributed by atoms with van der Waals surface area (Å²) in [7, 11) is 1.64. The number of carbonyl (C=O) groups is 1. The average molecular weight is 437 g/mol. The lowest BCUT2D eigenvalue weighted by atomic mass is 10.0. The van der Waals surface area contributed by atoms with Gasteiger partial charge in [-0.15, -0.1) is 11.3 Å². The Morgan fingerprint density at radius 3 is 2.16 bits per heavy atom.